The van der Waals surface area contributed by atoms with Crippen molar-refractivity contribution in [3.8, 4) is 0 Å². The number of halogens is 1. The summed E-state index contributed by atoms with van der Waals surface area (Å²) in [5.74, 6) is 0.851. The van der Waals surface area contributed by atoms with Crippen molar-refractivity contribution in [1.29, 1.82) is 0 Å². The minimum absolute atomic E-state index is 0.851. The van der Waals surface area contributed by atoms with Crippen LogP contribution >= 0.6 is 19.9 Å². The predicted molar refractivity (Wildman–Crippen MR) is 93.0 cm³/mol. The fourth-order valence-corrected chi connectivity index (χ4v) is 5.81. The molecule has 0 unspecified atom stereocenters. The quantitative estimate of drug-likeness (QED) is 0.533. The maximum atomic E-state index is 7.21. The van der Waals surface area contributed by atoms with E-state index in [4.69, 9.17) is 10.7 Å². The molecule has 0 bridgehead atoms. The lowest BCUT2D eigenvalue weighted by molar-refractivity contribution is 1.30. The zero-order valence-electron chi connectivity index (χ0n) is 11.7. The highest BCUT2D eigenvalue weighted by molar-refractivity contribution is 8.50. The summed E-state index contributed by atoms with van der Waals surface area (Å²) < 4.78 is 0. The van der Waals surface area contributed by atoms with Crippen LogP contribution in [-0.4, -0.2) is 0 Å². The van der Waals surface area contributed by atoms with E-state index in [2.05, 4.69) is 72.8 Å². The van der Waals surface area contributed by atoms with Crippen LogP contribution in [-0.2, 0) is 5.75 Å². The van der Waals surface area contributed by atoms with Crippen molar-refractivity contribution in [3.63, 3.8) is 0 Å². The van der Waals surface area contributed by atoms with Gasteiger partial charge in [-0.3, -0.25) is 0 Å². The van der Waals surface area contributed by atoms with Crippen LogP contribution in [0.25, 0.3) is 0 Å². The van der Waals surface area contributed by atoms with Gasteiger partial charge in [0.2, 0.25) is 0 Å². The number of benzene rings is 3. The van der Waals surface area contributed by atoms with Gasteiger partial charge in [-0.05, 0) is 29.8 Å². The van der Waals surface area contributed by atoms with E-state index >= 15 is 0 Å². The number of hydrogen-bond donors (Lipinski definition) is 0. The summed E-state index contributed by atoms with van der Waals surface area (Å²) in [4.78, 5) is 2.42. The minimum atomic E-state index is -1.58. The topological polar surface area (TPSA) is 0 Å². The average molecular weight is 313 g/mol. The Hall–Kier alpha value is -1.70. The van der Waals surface area contributed by atoms with Gasteiger partial charge in [-0.25, -0.2) is 0 Å². The molecule has 0 nitrogen and oxygen atoms in total. The summed E-state index contributed by atoms with van der Waals surface area (Å²) in [6, 6.07) is 31.4. The molecule has 106 valence electrons. The normalized spacial score (nSPS) is 12.0. The summed E-state index contributed by atoms with van der Waals surface area (Å²) in [5.41, 5.74) is 1.27. The van der Waals surface area contributed by atoms with Crippen LogP contribution in [0.15, 0.2) is 101 Å². The fraction of sp³-hybridized carbons (Fsp3) is 0.0526. The lowest BCUT2D eigenvalue weighted by Gasteiger charge is -2.34. The molecular formula is C19H17ClS. The highest BCUT2D eigenvalue weighted by atomic mass is 35.7. The van der Waals surface area contributed by atoms with Crippen molar-refractivity contribution >= 4 is 19.9 Å². The van der Waals surface area contributed by atoms with Gasteiger partial charge in [-0.15, -0.1) is 9.24 Å². The van der Waals surface area contributed by atoms with E-state index in [0.29, 0.717) is 0 Å². The molecule has 0 radical (unpaired) electrons. The summed E-state index contributed by atoms with van der Waals surface area (Å²) in [5, 5.41) is 0. The van der Waals surface area contributed by atoms with Gasteiger partial charge >= 0.3 is 0 Å². The van der Waals surface area contributed by atoms with Crippen molar-refractivity contribution in [2.45, 2.75) is 15.5 Å². The summed E-state index contributed by atoms with van der Waals surface area (Å²) in [6.07, 6.45) is 0. The standard InChI is InChI=1S/C19H17ClS/c20-21(18-12-6-2-7-13-18,19-14-8-3-9-15-19)16-17-10-4-1-5-11-17/h1-15H,16H2. The lowest BCUT2D eigenvalue weighted by atomic mass is 10.2. The second-order valence-corrected chi connectivity index (χ2v) is 9.03. The number of rotatable bonds is 4. The Kier molecular flexibility index (Phi) is 4.33. The third kappa shape index (κ3) is 3.15. The van der Waals surface area contributed by atoms with Crippen molar-refractivity contribution in [1.82, 2.24) is 0 Å². The molecule has 0 aromatic heterocycles. The molecule has 21 heavy (non-hydrogen) atoms. The molecule has 0 saturated carbocycles. The van der Waals surface area contributed by atoms with Crippen LogP contribution < -0.4 is 0 Å². The first-order chi connectivity index (χ1) is 10.3. The van der Waals surface area contributed by atoms with Crippen LogP contribution in [0.3, 0.4) is 0 Å². The van der Waals surface area contributed by atoms with E-state index in [1.807, 2.05) is 18.2 Å². The summed E-state index contributed by atoms with van der Waals surface area (Å²) >= 11 is 0. The zero-order valence-corrected chi connectivity index (χ0v) is 13.2. The molecule has 2 heteroatoms. The molecule has 0 aliphatic carbocycles. The third-order valence-electron chi connectivity index (χ3n) is 3.44. The van der Waals surface area contributed by atoms with Gasteiger partial charge < -0.3 is 0 Å². The van der Waals surface area contributed by atoms with Crippen molar-refractivity contribution in [3.05, 3.63) is 96.6 Å². The van der Waals surface area contributed by atoms with Crippen molar-refractivity contribution in [2.24, 2.45) is 0 Å². The molecule has 0 amide bonds. The van der Waals surface area contributed by atoms with Crippen molar-refractivity contribution in [2.75, 3.05) is 0 Å². The first-order valence-electron chi connectivity index (χ1n) is 6.94. The summed E-state index contributed by atoms with van der Waals surface area (Å²) in [6.45, 7) is 0. The van der Waals surface area contributed by atoms with Crippen LogP contribution in [0.5, 0.6) is 0 Å². The number of hydrogen-bond acceptors (Lipinski definition) is 0. The van der Waals surface area contributed by atoms with E-state index in [1.165, 1.54) is 15.4 Å². The van der Waals surface area contributed by atoms with Gasteiger partial charge in [0.15, 0.2) is 0 Å². The Balaban J connectivity index is 2.07. The first kappa shape index (κ1) is 14.2. The first-order valence-corrected chi connectivity index (χ1v) is 9.57. The Morgan fingerprint density at radius 1 is 0.571 bits per heavy atom. The maximum absolute atomic E-state index is 7.21. The molecule has 0 aliphatic rings. The SMILES string of the molecule is ClS(Cc1ccccc1)(c1ccccc1)c1ccccc1. The predicted octanol–water partition coefficient (Wildman–Crippen LogP) is 6.26. The molecule has 3 aromatic rings. The monoisotopic (exact) mass is 312 g/mol. The highest BCUT2D eigenvalue weighted by Crippen LogP contribution is 2.68. The molecular weight excluding hydrogens is 296 g/mol. The van der Waals surface area contributed by atoms with Gasteiger partial charge in [0.25, 0.3) is 0 Å². The van der Waals surface area contributed by atoms with Crippen LogP contribution in [0.1, 0.15) is 5.56 Å². The van der Waals surface area contributed by atoms with E-state index in [1.54, 1.807) is 0 Å². The van der Waals surface area contributed by atoms with E-state index < -0.39 is 9.24 Å². The Morgan fingerprint density at radius 3 is 1.38 bits per heavy atom. The molecule has 0 spiro atoms. The van der Waals surface area contributed by atoms with Gasteiger partial charge in [0.05, 0.1) is 0 Å². The van der Waals surface area contributed by atoms with Crippen LogP contribution in [0, 0.1) is 0 Å². The Labute approximate surface area is 132 Å². The van der Waals surface area contributed by atoms with Crippen LogP contribution in [0.4, 0.5) is 0 Å². The van der Waals surface area contributed by atoms with Gasteiger partial charge in [-0.2, -0.15) is 0 Å². The average Bonchev–Trinajstić information content (AvgIpc) is 2.57. The maximum Gasteiger partial charge on any atom is 0.0233 e. The smallest absolute Gasteiger partial charge is 0.0233 e. The van der Waals surface area contributed by atoms with Crippen LogP contribution in [0.2, 0.25) is 0 Å². The molecule has 3 rings (SSSR count). The van der Waals surface area contributed by atoms with Gasteiger partial charge in [-0.1, -0.05) is 77.4 Å². The molecule has 0 aliphatic heterocycles. The Bertz CT molecular complexity index is 641. The lowest BCUT2D eigenvalue weighted by Crippen LogP contribution is -1.99. The summed E-state index contributed by atoms with van der Waals surface area (Å²) in [7, 11) is 5.63. The molecule has 0 atom stereocenters. The molecule has 3 aromatic carbocycles. The molecule has 0 fully saturated rings. The minimum Gasteiger partial charge on any atom is -0.104 e. The highest BCUT2D eigenvalue weighted by Gasteiger charge is 2.26. The zero-order chi connectivity index (χ0) is 14.5. The Morgan fingerprint density at radius 2 is 0.952 bits per heavy atom. The van der Waals surface area contributed by atoms with E-state index in [-0.39, 0.29) is 0 Å². The van der Waals surface area contributed by atoms with Crippen molar-refractivity contribution < 1.29 is 0 Å². The fourth-order valence-electron chi connectivity index (χ4n) is 2.38. The second-order valence-electron chi connectivity index (χ2n) is 4.91. The third-order valence-corrected chi connectivity index (χ3v) is 7.61. The van der Waals surface area contributed by atoms with E-state index in [0.717, 1.165) is 5.75 Å². The van der Waals surface area contributed by atoms with Gasteiger partial charge in [0, 0.05) is 15.5 Å². The van der Waals surface area contributed by atoms with E-state index in [9.17, 15) is 0 Å². The van der Waals surface area contributed by atoms with Gasteiger partial charge in [0.1, 0.15) is 0 Å². The molecule has 0 N–H and O–H groups in total. The second kappa shape index (κ2) is 6.38. The largest absolute Gasteiger partial charge is 0.104 e. The molecule has 0 saturated heterocycles. The molecule has 0 heterocycles.